The molecule has 0 radical (unpaired) electrons. The van der Waals surface area contributed by atoms with Crippen LogP contribution in [0.15, 0.2) is 29.4 Å². The third-order valence-corrected chi connectivity index (χ3v) is 6.15. The normalized spacial score (nSPS) is 25.1. The van der Waals surface area contributed by atoms with E-state index in [-0.39, 0.29) is 17.8 Å². The number of amides is 1. The number of carbonyl (C=O) groups is 1. The summed E-state index contributed by atoms with van der Waals surface area (Å²) in [7, 11) is 0. The Morgan fingerprint density at radius 3 is 2.59 bits per heavy atom. The third-order valence-electron chi connectivity index (χ3n) is 6.15. The van der Waals surface area contributed by atoms with Crippen LogP contribution in [0.5, 0.6) is 0 Å². The van der Waals surface area contributed by atoms with E-state index >= 15 is 0 Å². The van der Waals surface area contributed by atoms with E-state index in [9.17, 15) is 9.18 Å². The quantitative estimate of drug-likeness (QED) is 0.857. The van der Waals surface area contributed by atoms with Gasteiger partial charge in [-0.25, -0.2) is 4.39 Å². The van der Waals surface area contributed by atoms with Crippen LogP contribution in [-0.4, -0.2) is 37.0 Å². The van der Waals surface area contributed by atoms with Gasteiger partial charge in [0.25, 0.3) is 0 Å². The van der Waals surface area contributed by atoms with Crippen LogP contribution in [0, 0.1) is 11.2 Å². The maximum atomic E-state index is 13.2. The molecule has 2 heterocycles. The van der Waals surface area contributed by atoms with Crippen LogP contribution in [-0.2, 0) is 14.4 Å². The lowest BCUT2D eigenvalue weighted by molar-refractivity contribution is -0.140. The Kier molecular flexibility index (Phi) is 5.43. The van der Waals surface area contributed by atoms with E-state index < -0.39 is 5.41 Å². The Bertz CT molecular complexity index is 692. The van der Waals surface area contributed by atoms with Gasteiger partial charge in [0.05, 0.1) is 11.1 Å². The van der Waals surface area contributed by atoms with Crippen molar-refractivity contribution in [2.24, 2.45) is 10.6 Å². The van der Waals surface area contributed by atoms with Crippen LogP contribution in [0.3, 0.4) is 0 Å². The van der Waals surface area contributed by atoms with Crippen LogP contribution in [0.25, 0.3) is 0 Å². The van der Waals surface area contributed by atoms with Crippen molar-refractivity contribution >= 4 is 11.6 Å². The maximum absolute atomic E-state index is 13.2. The second-order valence-corrected chi connectivity index (χ2v) is 8.03. The van der Waals surface area contributed by atoms with E-state index in [1.54, 1.807) is 12.1 Å². The number of halogens is 1. The first-order chi connectivity index (χ1) is 13.1. The third kappa shape index (κ3) is 4.15. The highest BCUT2D eigenvalue weighted by Crippen LogP contribution is 2.39. The van der Waals surface area contributed by atoms with Crippen LogP contribution < -0.4 is 5.32 Å². The summed E-state index contributed by atoms with van der Waals surface area (Å²) in [6, 6.07) is 6.61. The van der Waals surface area contributed by atoms with Gasteiger partial charge >= 0.3 is 0 Å². The van der Waals surface area contributed by atoms with Crippen LogP contribution in [0.4, 0.5) is 4.39 Å². The van der Waals surface area contributed by atoms with Crippen molar-refractivity contribution in [1.29, 1.82) is 0 Å². The monoisotopic (exact) mass is 374 g/mol. The lowest BCUT2D eigenvalue weighted by Crippen LogP contribution is -2.49. The number of benzene rings is 1. The topological polar surface area (TPSA) is 59.9 Å². The van der Waals surface area contributed by atoms with E-state index in [0.717, 1.165) is 37.0 Å². The molecular weight excluding hydrogens is 347 g/mol. The molecule has 1 saturated carbocycles. The number of oxime groups is 1. The van der Waals surface area contributed by atoms with Crippen molar-refractivity contribution < 1.29 is 18.8 Å². The molecule has 1 atom stereocenters. The Balaban J connectivity index is 1.41. The summed E-state index contributed by atoms with van der Waals surface area (Å²) in [5.41, 5.74) is 1.24. The highest BCUT2D eigenvalue weighted by Gasteiger charge is 2.44. The minimum Gasteiger partial charge on any atom is -0.392 e. The Morgan fingerprint density at radius 2 is 1.89 bits per heavy atom. The average Bonchev–Trinajstić information content (AvgIpc) is 3.35. The van der Waals surface area contributed by atoms with E-state index in [1.807, 2.05) is 0 Å². The zero-order valence-electron chi connectivity index (χ0n) is 15.6. The van der Waals surface area contributed by atoms with Gasteiger partial charge in [-0.15, -0.1) is 0 Å². The molecule has 1 aromatic rings. The van der Waals surface area contributed by atoms with Gasteiger partial charge in [0.2, 0.25) is 5.91 Å². The molecule has 0 unspecified atom stereocenters. The highest BCUT2D eigenvalue weighted by molar-refractivity contribution is 6.01. The molecule has 5 nitrogen and oxygen atoms in total. The molecule has 146 valence electrons. The first-order valence-electron chi connectivity index (χ1n) is 10.0. The zero-order chi connectivity index (χ0) is 18.7. The van der Waals surface area contributed by atoms with Gasteiger partial charge in [-0.2, -0.15) is 0 Å². The van der Waals surface area contributed by atoms with Gasteiger partial charge in [-0.1, -0.05) is 30.1 Å². The fourth-order valence-corrected chi connectivity index (χ4v) is 4.48. The van der Waals surface area contributed by atoms with Crippen molar-refractivity contribution in [3.8, 4) is 0 Å². The van der Waals surface area contributed by atoms with Crippen molar-refractivity contribution in [2.75, 3.05) is 13.2 Å². The molecule has 1 aromatic carbocycles. The largest absolute Gasteiger partial charge is 0.392 e. The van der Waals surface area contributed by atoms with Crippen molar-refractivity contribution in [3.05, 3.63) is 35.6 Å². The number of hydrogen-bond donors (Lipinski definition) is 1. The molecule has 0 aromatic heterocycles. The van der Waals surface area contributed by atoms with Gasteiger partial charge < -0.3 is 14.9 Å². The minimum atomic E-state index is -0.445. The lowest BCUT2D eigenvalue weighted by atomic mass is 9.74. The number of rotatable bonds is 5. The summed E-state index contributed by atoms with van der Waals surface area (Å²) in [4.78, 5) is 18.8. The number of nitrogens with zero attached hydrogens (tertiary/aromatic N) is 1. The van der Waals surface area contributed by atoms with Crippen LogP contribution in [0.1, 0.15) is 56.9 Å². The van der Waals surface area contributed by atoms with E-state index in [4.69, 9.17) is 9.57 Å². The van der Waals surface area contributed by atoms with Crippen molar-refractivity contribution in [1.82, 2.24) is 5.32 Å². The summed E-state index contributed by atoms with van der Waals surface area (Å²) < 4.78 is 18.7. The summed E-state index contributed by atoms with van der Waals surface area (Å²) >= 11 is 0. The molecular formula is C21H27FN2O3. The van der Waals surface area contributed by atoms with Crippen molar-refractivity contribution in [2.45, 2.75) is 63.5 Å². The molecule has 1 saturated heterocycles. The standard InChI is InChI=1S/C21H27FN2O3/c22-16-7-5-15(6-8-16)19-13-18(27-24-19)14-21(9-11-26-12-10-21)20(25)23-17-3-1-2-4-17/h5-8,17-18H,1-4,9-14H2,(H,23,25)/t18-/m0/s1. The SMILES string of the molecule is O=C(NC1CCCC1)C1(C[C@@H]2CC(c3ccc(F)cc3)=NO2)CCOCC1. The first-order valence-corrected chi connectivity index (χ1v) is 10.0. The molecule has 3 aliphatic rings. The van der Waals surface area contributed by atoms with Crippen LogP contribution in [0.2, 0.25) is 0 Å². The smallest absolute Gasteiger partial charge is 0.226 e. The number of nitrogens with one attached hydrogen (secondary N) is 1. The molecule has 1 amide bonds. The second-order valence-electron chi connectivity index (χ2n) is 8.03. The Morgan fingerprint density at radius 1 is 1.19 bits per heavy atom. The molecule has 2 fully saturated rings. The van der Waals surface area contributed by atoms with E-state index in [2.05, 4.69) is 10.5 Å². The number of ether oxygens (including phenoxy) is 1. The molecule has 0 bridgehead atoms. The first kappa shape index (κ1) is 18.4. The van der Waals surface area contributed by atoms with E-state index in [1.165, 1.54) is 25.0 Å². The van der Waals surface area contributed by atoms with Crippen LogP contribution >= 0.6 is 0 Å². The van der Waals surface area contributed by atoms with Crippen molar-refractivity contribution in [3.63, 3.8) is 0 Å². The van der Waals surface area contributed by atoms with Gasteiger partial charge in [0.15, 0.2) is 0 Å². The fourth-order valence-electron chi connectivity index (χ4n) is 4.48. The molecule has 6 heteroatoms. The molecule has 1 N–H and O–H groups in total. The highest BCUT2D eigenvalue weighted by atomic mass is 19.1. The molecule has 0 spiro atoms. The predicted molar refractivity (Wildman–Crippen MR) is 99.9 cm³/mol. The van der Waals surface area contributed by atoms with Gasteiger partial charge in [0, 0.05) is 32.1 Å². The number of hydrogen-bond acceptors (Lipinski definition) is 4. The van der Waals surface area contributed by atoms with Gasteiger partial charge in [-0.3, -0.25) is 4.79 Å². The summed E-state index contributed by atoms with van der Waals surface area (Å²) in [5.74, 6) is -0.115. The molecule has 27 heavy (non-hydrogen) atoms. The Labute approximate surface area is 159 Å². The summed E-state index contributed by atoms with van der Waals surface area (Å²) in [5, 5.41) is 7.49. The predicted octanol–water partition coefficient (Wildman–Crippen LogP) is 3.56. The second kappa shape index (κ2) is 7.97. The summed E-state index contributed by atoms with van der Waals surface area (Å²) in [6.07, 6.45) is 7.15. The fraction of sp³-hybridized carbons (Fsp3) is 0.619. The van der Waals surface area contributed by atoms with E-state index in [0.29, 0.717) is 32.1 Å². The number of carbonyl (C=O) groups excluding carboxylic acids is 1. The minimum absolute atomic E-state index is 0.127. The zero-order valence-corrected chi connectivity index (χ0v) is 15.6. The van der Waals surface area contributed by atoms with Gasteiger partial charge in [-0.05, 0) is 43.4 Å². The lowest BCUT2D eigenvalue weighted by Gasteiger charge is -2.37. The van der Waals surface area contributed by atoms with Gasteiger partial charge in [0.1, 0.15) is 11.9 Å². The maximum Gasteiger partial charge on any atom is 0.226 e. The average molecular weight is 374 g/mol. The molecule has 4 rings (SSSR count). The Hall–Kier alpha value is -1.95. The molecule has 1 aliphatic carbocycles. The molecule has 2 aliphatic heterocycles. The summed E-state index contributed by atoms with van der Waals surface area (Å²) in [6.45, 7) is 1.22.